The lowest BCUT2D eigenvalue weighted by atomic mass is 9.54. The standard InChI is InChI=1S/C30H27NO/c1-32-25-17-18-27-26(21-25)30(23-13-7-3-8-14-23,24-15-9-4-10-16-24)29(19-20-29)28(31-27)22-11-5-2-6-12-22/h2-18,21,28,31H,19-20H2,1H3. The summed E-state index contributed by atoms with van der Waals surface area (Å²) in [6, 6.07) is 39.9. The number of fused-ring (bicyclic) bond motifs is 1. The van der Waals surface area contributed by atoms with Crippen LogP contribution in [0.2, 0.25) is 0 Å². The van der Waals surface area contributed by atoms with Gasteiger partial charge >= 0.3 is 0 Å². The van der Waals surface area contributed by atoms with Gasteiger partial charge in [-0.05, 0) is 53.3 Å². The number of rotatable bonds is 4. The molecule has 158 valence electrons. The second-order valence-electron chi connectivity index (χ2n) is 9.04. The predicted molar refractivity (Wildman–Crippen MR) is 130 cm³/mol. The highest BCUT2D eigenvalue weighted by atomic mass is 16.5. The Kier molecular flexibility index (Phi) is 4.36. The van der Waals surface area contributed by atoms with Crippen molar-refractivity contribution in [1.29, 1.82) is 0 Å². The van der Waals surface area contributed by atoms with Gasteiger partial charge in [-0.15, -0.1) is 0 Å². The molecule has 2 aliphatic rings. The van der Waals surface area contributed by atoms with E-state index in [2.05, 4.69) is 115 Å². The highest BCUT2D eigenvalue weighted by Gasteiger charge is 2.68. The summed E-state index contributed by atoms with van der Waals surface area (Å²) in [7, 11) is 1.75. The minimum absolute atomic E-state index is 0.0381. The maximum absolute atomic E-state index is 5.72. The van der Waals surface area contributed by atoms with Crippen LogP contribution < -0.4 is 10.1 Å². The first kappa shape index (κ1) is 19.2. The van der Waals surface area contributed by atoms with Crippen LogP contribution in [0.25, 0.3) is 0 Å². The summed E-state index contributed by atoms with van der Waals surface area (Å²) in [5.41, 5.74) is 6.30. The molecule has 2 nitrogen and oxygen atoms in total. The van der Waals surface area contributed by atoms with Crippen molar-refractivity contribution in [2.45, 2.75) is 24.3 Å². The van der Waals surface area contributed by atoms with Crippen molar-refractivity contribution < 1.29 is 4.74 Å². The van der Waals surface area contributed by atoms with Crippen LogP contribution >= 0.6 is 0 Å². The van der Waals surface area contributed by atoms with Gasteiger partial charge in [-0.2, -0.15) is 0 Å². The molecule has 1 spiro atoms. The Balaban J connectivity index is 1.73. The zero-order chi connectivity index (χ0) is 21.6. The number of hydrogen-bond donors (Lipinski definition) is 1. The van der Waals surface area contributed by atoms with Gasteiger partial charge in [-0.3, -0.25) is 0 Å². The Morgan fingerprint density at radius 1 is 0.719 bits per heavy atom. The summed E-state index contributed by atoms with van der Waals surface area (Å²) in [6.07, 6.45) is 2.33. The summed E-state index contributed by atoms with van der Waals surface area (Å²) in [4.78, 5) is 0. The fraction of sp³-hybridized carbons (Fsp3) is 0.200. The van der Waals surface area contributed by atoms with Gasteiger partial charge in [0.05, 0.1) is 18.6 Å². The average molecular weight is 418 g/mol. The Morgan fingerprint density at radius 3 is 1.81 bits per heavy atom. The third kappa shape index (κ3) is 2.59. The number of benzene rings is 4. The van der Waals surface area contributed by atoms with Crippen LogP contribution in [0.1, 0.15) is 41.1 Å². The molecule has 1 atom stereocenters. The Morgan fingerprint density at radius 2 is 1.28 bits per heavy atom. The van der Waals surface area contributed by atoms with Crippen molar-refractivity contribution in [3.05, 3.63) is 131 Å². The van der Waals surface area contributed by atoms with Gasteiger partial charge in [0.25, 0.3) is 0 Å². The molecule has 2 heteroatoms. The largest absolute Gasteiger partial charge is 0.497 e. The maximum Gasteiger partial charge on any atom is 0.119 e. The van der Waals surface area contributed by atoms with E-state index in [1.165, 1.54) is 40.8 Å². The van der Waals surface area contributed by atoms with Gasteiger partial charge in [-0.25, -0.2) is 0 Å². The van der Waals surface area contributed by atoms with E-state index in [4.69, 9.17) is 4.74 Å². The van der Waals surface area contributed by atoms with E-state index in [0.717, 1.165) is 5.75 Å². The van der Waals surface area contributed by atoms with Crippen molar-refractivity contribution in [2.24, 2.45) is 5.41 Å². The van der Waals surface area contributed by atoms with Crippen LogP contribution in [0.4, 0.5) is 5.69 Å². The number of methoxy groups -OCH3 is 1. The van der Waals surface area contributed by atoms with Crippen molar-refractivity contribution in [3.63, 3.8) is 0 Å². The molecule has 1 N–H and O–H groups in total. The molecule has 1 fully saturated rings. The maximum atomic E-state index is 5.72. The van der Waals surface area contributed by atoms with Crippen molar-refractivity contribution in [1.82, 2.24) is 0 Å². The normalized spacial score (nSPS) is 19.6. The van der Waals surface area contributed by atoms with Crippen molar-refractivity contribution in [2.75, 3.05) is 12.4 Å². The molecular formula is C30H27NO. The first-order chi connectivity index (χ1) is 15.8. The zero-order valence-electron chi connectivity index (χ0n) is 18.3. The lowest BCUT2D eigenvalue weighted by molar-refractivity contribution is 0.285. The molecule has 1 heterocycles. The molecule has 0 saturated heterocycles. The first-order valence-electron chi connectivity index (χ1n) is 11.4. The minimum atomic E-state index is -0.273. The van der Waals surface area contributed by atoms with Gasteiger partial charge in [0.1, 0.15) is 5.75 Å². The van der Waals surface area contributed by atoms with E-state index in [-0.39, 0.29) is 16.9 Å². The third-order valence-corrected chi connectivity index (χ3v) is 7.57. The Bertz CT molecular complexity index is 1190. The zero-order valence-corrected chi connectivity index (χ0v) is 18.3. The number of ether oxygens (including phenoxy) is 1. The molecule has 1 saturated carbocycles. The SMILES string of the molecule is COc1ccc2c(c1)C(c1ccccc1)(c1ccccc1)C1(CC1)C(c1ccccc1)N2. The van der Waals surface area contributed by atoms with Gasteiger partial charge in [0.15, 0.2) is 0 Å². The molecule has 1 unspecified atom stereocenters. The molecule has 1 aliphatic heterocycles. The highest BCUT2D eigenvalue weighted by molar-refractivity contribution is 5.71. The Hall–Kier alpha value is -3.52. The monoisotopic (exact) mass is 417 g/mol. The number of anilines is 1. The molecule has 0 radical (unpaired) electrons. The van der Waals surface area contributed by atoms with Crippen molar-refractivity contribution >= 4 is 5.69 Å². The molecule has 6 rings (SSSR count). The van der Waals surface area contributed by atoms with Gasteiger partial charge in [0, 0.05) is 11.1 Å². The van der Waals surface area contributed by atoms with Crippen LogP contribution in [-0.2, 0) is 5.41 Å². The molecule has 0 aromatic heterocycles. The molecule has 32 heavy (non-hydrogen) atoms. The van der Waals surface area contributed by atoms with Crippen LogP contribution in [0, 0.1) is 5.41 Å². The van der Waals surface area contributed by atoms with Crippen LogP contribution in [0.5, 0.6) is 5.75 Å². The quantitative estimate of drug-likeness (QED) is 0.387. The first-order valence-corrected chi connectivity index (χ1v) is 11.4. The lowest BCUT2D eigenvalue weighted by Crippen LogP contribution is -2.48. The summed E-state index contributed by atoms with van der Waals surface area (Å²) < 4.78 is 5.72. The summed E-state index contributed by atoms with van der Waals surface area (Å²) >= 11 is 0. The predicted octanol–water partition coefficient (Wildman–Crippen LogP) is 6.98. The van der Waals surface area contributed by atoms with Gasteiger partial charge < -0.3 is 10.1 Å². The Labute approximate surface area is 189 Å². The van der Waals surface area contributed by atoms with E-state index in [1.807, 2.05) is 0 Å². The molecule has 0 amide bonds. The third-order valence-electron chi connectivity index (χ3n) is 7.57. The molecule has 1 aliphatic carbocycles. The number of nitrogens with one attached hydrogen (secondary N) is 1. The second-order valence-corrected chi connectivity index (χ2v) is 9.04. The number of hydrogen-bond acceptors (Lipinski definition) is 2. The van der Waals surface area contributed by atoms with E-state index in [1.54, 1.807) is 7.11 Å². The van der Waals surface area contributed by atoms with Crippen LogP contribution in [-0.4, -0.2) is 7.11 Å². The molecule has 4 aromatic rings. The summed E-state index contributed by atoms with van der Waals surface area (Å²) in [5.74, 6) is 0.899. The minimum Gasteiger partial charge on any atom is -0.497 e. The second kappa shape index (κ2) is 7.27. The molecular weight excluding hydrogens is 390 g/mol. The molecule has 4 aromatic carbocycles. The van der Waals surface area contributed by atoms with E-state index in [0.29, 0.717) is 0 Å². The lowest BCUT2D eigenvalue weighted by Gasteiger charge is -2.52. The fourth-order valence-electron chi connectivity index (χ4n) is 6.14. The molecule has 0 bridgehead atoms. The van der Waals surface area contributed by atoms with Gasteiger partial charge in [0.2, 0.25) is 0 Å². The highest BCUT2D eigenvalue weighted by Crippen LogP contribution is 2.73. The van der Waals surface area contributed by atoms with Gasteiger partial charge in [-0.1, -0.05) is 91.0 Å². The summed E-state index contributed by atoms with van der Waals surface area (Å²) in [6.45, 7) is 0. The van der Waals surface area contributed by atoms with E-state index in [9.17, 15) is 0 Å². The smallest absolute Gasteiger partial charge is 0.119 e. The van der Waals surface area contributed by atoms with E-state index >= 15 is 0 Å². The van der Waals surface area contributed by atoms with Crippen LogP contribution in [0.15, 0.2) is 109 Å². The van der Waals surface area contributed by atoms with Crippen LogP contribution in [0.3, 0.4) is 0 Å². The van der Waals surface area contributed by atoms with E-state index < -0.39 is 0 Å². The fourth-order valence-corrected chi connectivity index (χ4v) is 6.14. The summed E-state index contributed by atoms with van der Waals surface area (Å²) in [5, 5.41) is 3.96. The topological polar surface area (TPSA) is 21.3 Å². The average Bonchev–Trinajstić information content (AvgIpc) is 3.66. The van der Waals surface area contributed by atoms with Crippen molar-refractivity contribution in [3.8, 4) is 5.75 Å².